The van der Waals surface area contributed by atoms with Gasteiger partial charge in [-0.15, -0.1) is 0 Å². The van der Waals surface area contributed by atoms with Gasteiger partial charge in [-0.2, -0.15) is 0 Å². The van der Waals surface area contributed by atoms with Gasteiger partial charge in [-0.05, 0) is 37.8 Å². The first-order valence-electron chi connectivity index (χ1n) is 5.08. The molecule has 0 bridgehead atoms. The summed E-state index contributed by atoms with van der Waals surface area (Å²) in [5.41, 5.74) is 2.30. The third kappa shape index (κ3) is 3.70. The van der Waals surface area contributed by atoms with Crippen LogP contribution in [0.15, 0.2) is 18.2 Å². The lowest BCUT2D eigenvalue weighted by molar-refractivity contribution is 0.466. The Balaban J connectivity index is 2.45. The lowest BCUT2D eigenvalue weighted by atomic mass is 10.0. The Bertz CT molecular complexity index is 284. The molecule has 0 heterocycles. The standard InChI is InChI=1S/C12H17BrO/c1-10-6-7-12(14)11(9-10)5-3-2-4-8-13/h6-7,9,14H,2-5,8H2,1H3. The Morgan fingerprint density at radius 2 is 2.00 bits per heavy atom. The van der Waals surface area contributed by atoms with Crippen molar-refractivity contribution in [3.63, 3.8) is 0 Å². The van der Waals surface area contributed by atoms with Crippen LogP contribution in [0.25, 0.3) is 0 Å². The molecule has 78 valence electrons. The number of aryl methyl sites for hydroxylation is 2. The van der Waals surface area contributed by atoms with Crippen molar-refractivity contribution >= 4 is 15.9 Å². The Morgan fingerprint density at radius 3 is 2.71 bits per heavy atom. The van der Waals surface area contributed by atoms with Crippen molar-refractivity contribution in [3.8, 4) is 5.75 Å². The fourth-order valence-corrected chi connectivity index (χ4v) is 1.90. The fourth-order valence-electron chi connectivity index (χ4n) is 1.50. The minimum Gasteiger partial charge on any atom is -0.508 e. The Morgan fingerprint density at radius 1 is 1.21 bits per heavy atom. The number of halogens is 1. The second-order valence-electron chi connectivity index (χ2n) is 3.63. The Kier molecular flexibility index (Phi) is 5.02. The maximum absolute atomic E-state index is 9.58. The van der Waals surface area contributed by atoms with E-state index in [0.717, 1.165) is 23.7 Å². The predicted molar refractivity (Wildman–Crippen MR) is 64.2 cm³/mol. The van der Waals surface area contributed by atoms with Crippen LogP contribution in [0.2, 0.25) is 0 Å². The molecular weight excluding hydrogens is 240 g/mol. The monoisotopic (exact) mass is 256 g/mol. The van der Waals surface area contributed by atoms with Crippen LogP contribution in [0.3, 0.4) is 0 Å². The third-order valence-electron chi connectivity index (χ3n) is 2.31. The number of hydrogen-bond donors (Lipinski definition) is 1. The van der Waals surface area contributed by atoms with Crippen LogP contribution in [0.4, 0.5) is 0 Å². The normalized spacial score (nSPS) is 10.4. The molecular formula is C12H17BrO. The van der Waals surface area contributed by atoms with Gasteiger partial charge in [-0.1, -0.05) is 40.0 Å². The molecule has 1 rings (SSSR count). The molecule has 0 aromatic heterocycles. The predicted octanol–water partition coefficient (Wildman–Crippen LogP) is 3.81. The van der Waals surface area contributed by atoms with Crippen LogP contribution in [0.5, 0.6) is 5.75 Å². The van der Waals surface area contributed by atoms with Gasteiger partial charge in [-0.25, -0.2) is 0 Å². The maximum atomic E-state index is 9.58. The van der Waals surface area contributed by atoms with Gasteiger partial charge in [0.2, 0.25) is 0 Å². The van der Waals surface area contributed by atoms with E-state index in [4.69, 9.17) is 0 Å². The average Bonchev–Trinajstić information content (AvgIpc) is 2.18. The number of benzene rings is 1. The van der Waals surface area contributed by atoms with E-state index < -0.39 is 0 Å². The van der Waals surface area contributed by atoms with Crippen LogP contribution in [-0.4, -0.2) is 10.4 Å². The summed E-state index contributed by atoms with van der Waals surface area (Å²) in [7, 11) is 0. The summed E-state index contributed by atoms with van der Waals surface area (Å²) >= 11 is 3.41. The van der Waals surface area contributed by atoms with Crippen LogP contribution >= 0.6 is 15.9 Å². The Labute approximate surface area is 94.3 Å². The van der Waals surface area contributed by atoms with Crippen molar-refractivity contribution in [2.45, 2.75) is 32.6 Å². The van der Waals surface area contributed by atoms with Crippen LogP contribution in [0.1, 0.15) is 30.4 Å². The van der Waals surface area contributed by atoms with Crippen molar-refractivity contribution in [2.75, 3.05) is 5.33 Å². The summed E-state index contributed by atoms with van der Waals surface area (Å²) < 4.78 is 0. The molecule has 0 fully saturated rings. The molecule has 14 heavy (non-hydrogen) atoms. The summed E-state index contributed by atoms with van der Waals surface area (Å²) in [4.78, 5) is 0. The first kappa shape index (κ1) is 11.6. The van der Waals surface area contributed by atoms with Gasteiger partial charge in [0.1, 0.15) is 5.75 Å². The summed E-state index contributed by atoms with van der Waals surface area (Å²) in [6.45, 7) is 2.06. The molecule has 0 amide bonds. The van der Waals surface area contributed by atoms with Crippen molar-refractivity contribution in [1.82, 2.24) is 0 Å². The van der Waals surface area contributed by atoms with E-state index in [1.54, 1.807) is 6.07 Å². The lowest BCUT2D eigenvalue weighted by Gasteiger charge is -2.05. The van der Waals surface area contributed by atoms with E-state index in [-0.39, 0.29) is 0 Å². The van der Waals surface area contributed by atoms with E-state index in [1.165, 1.54) is 18.4 Å². The molecule has 0 saturated carbocycles. The highest BCUT2D eigenvalue weighted by atomic mass is 79.9. The molecule has 0 unspecified atom stereocenters. The van der Waals surface area contributed by atoms with Crippen LogP contribution in [-0.2, 0) is 6.42 Å². The molecule has 1 aromatic carbocycles. The largest absolute Gasteiger partial charge is 0.508 e. The Hall–Kier alpha value is -0.500. The van der Waals surface area contributed by atoms with Gasteiger partial charge < -0.3 is 5.11 Å². The zero-order valence-electron chi connectivity index (χ0n) is 8.59. The molecule has 0 saturated heterocycles. The minimum atomic E-state index is 0.439. The van der Waals surface area contributed by atoms with Gasteiger partial charge in [0.25, 0.3) is 0 Å². The zero-order valence-corrected chi connectivity index (χ0v) is 10.2. The highest BCUT2D eigenvalue weighted by Gasteiger charge is 2.00. The minimum absolute atomic E-state index is 0.439. The highest BCUT2D eigenvalue weighted by Crippen LogP contribution is 2.20. The van der Waals surface area contributed by atoms with Crippen LogP contribution < -0.4 is 0 Å². The molecule has 0 aliphatic rings. The smallest absolute Gasteiger partial charge is 0.118 e. The second-order valence-corrected chi connectivity index (χ2v) is 4.42. The topological polar surface area (TPSA) is 20.2 Å². The van der Waals surface area contributed by atoms with Crippen molar-refractivity contribution in [1.29, 1.82) is 0 Å². The number of hydrogen-bond acceptors (Lipinski definition) is 1. The molecule has 0 aliphatic carbocycles. The van der Waals surface area contributed by atoms with Gasteiger partial charge in [-0.3, -0.25) is 0 Å². The van der Waals surface area contributed by atoms with E-state index in [9.17, 15) is 5.11 Å². The van der Waals surface area contributed by atoms with Crippen molar-refractivity contribution in [2.24, 2.45) is 0 Å². The van der Waals surface area contributed by atoms with Gasteiger partial charge in [0, 0.05) is 5.33 Å². The van der Waals surface area contributed by atoms with Crippen molar-refractivity contribution in [3.05, 3.63) is 29.3 Å². The molecule has 1 nitrogen and oxygen atoms in total. The number of unbranched alkanes of at least 4 members (excludes halogenated alkanes) is 2. The molecule has 0 aliphatic heterocycles. The molecule has 2 heteroatoms. The van der Waals surface area contributed by atoms with E-state index in [0.29, 0.717) is 5.75 Å². The SMILES string of the molecule is Cc1ccc(O)c(CCCCCBr)c1. The number of phenolic OH excluding ortho intramolecular Hbond substituents is 1. The zero-order chi connectivity index (χ0) is 10.4. The molecule has 0 atom stereocenters. The summed E-state index contributed by atoms with van der Waals surface area (Å²) in [6.07, 6.45) is 4.58. The molecule has 1 aromatic rings. The van der Waals surface area contributed by atoms with Gasteiger partial charge in [0.05, 0.1) is 0 Å². The first-order chi connectivity index (χ1) is 6.74. The summed E-state index contributed by atoms with van der Waals surface area (Å²) in [6, 6.07) is 5.80. The van der Waals surface area contributed by atoms with E-state index >= 15 is 0 Å². The number of rotatable bonds is 5. The van der Waals surface area contributed by atoms with E-state index in [1.807, 2.05) is 6.07 Å². The highest BCUT2D eigenvalue weighted by molar-refractivity contribution is 9.09. The lowest BCUT2D eigenvalue weighted by Crippen LogP contribution is -1.88. The first-order valence-corrected chi connectivity index (χ1v) is 6.20. The van der Waals surface area contributed by atoms with E-state index in [2.05, 4.69) is 28.9 Å². The van der Waals surface area contributed by atoms with Gasteiger partial charge in [0.15, 0.2) is 0 Å². The summed E-state index contributed by atoms with van der Waals surface area (Å²) in [5.74, 6) is 0.439. The number of aromatic hydroxyl groups is 1. The average molecular weight is 257 g/mol. The van der Waals surface area contributed by atoms with Gasteiger partial charge >= 0.3 is 0 Å². The maximum Gasteiger partial charge on any atom is 0.118 e. The molecule has 1 N–H and O–H groups in total. The third-order valence-corrected chi connectivity index (χ3v) is 2.88. The molecule has 0 radical (unpaired) electrons. The second kappa shape index (κ2) is 6.07. The van der Waals surface area contributed by atoms with Crippen LogP contribution in [0, 0.1) is 6.92 Å². The quantitative estimate of drug-likeness (QED) is 0.628. The van der Waals surface area contributed by atoms with Crippen molar-refractivity contribution < 1.29 is 5.11 Å². The molecule has 0 spiro atoms. The number of alkyl halides is 1. The summed E-state index contributed by atoms with van der Waals surface area (Å²) in [5, 5.41) is 10.7. The number of phenols is 1. The fraction of sp³-hybridized carbons (Fsp3) is 0.500.